The first-order valence-corrected chi connectivity index (χ1v) is 5.66. The molecule has 3 nitrogen and oxygen atoms in total. The van der Waals surface area contributed by atoms with E-state index in [1.807, 2.05) is 12.4 Å². The SMILES string of the molecule is CN(Cc1ccncc1)[C@H]1CCCNC1. The van der Waals surface area contributed by atoms with Crippen LogP contribution >= 0.6 is 0 Å². The van der Waals surface area contributed by atoms with Crippen molar-refractivity contribution in [1.82, 2.24) is 15.2 Å². The molecule has 1 atom stereocenters. The van der Waals surface area contributed by atoms with Gasteiger partial charge in [0.15, 0.2) is 0 Å². The Labute approximate surface area is 91.5 Å². The van der Waals surface area contributed by atoms with Gasteiger partial charge in [-0.05, 0) is 44.1 Å². The number of hydrogen-bond acceptors (Lipinski definition) is 3. The van der Waals surface area contributed by atoms with Crippen LogP contribution in [-0.4, -0.2) is 36.1 Å². The monoisotopic (exact) mass is 205 g/mol. The van der Waals surface area contributed by atoms with Crippen LogP contribution in [0.5, 0.6) is 0 Å². The Morgan fingerprint density at radius 2 is 2.27 bits per heavy atom. The largest absolute Gasteiger partial charge is 0.315 e. The predicted octanol–water partition coefficient (Wildman–Crippen LogP) is 1.27. The van der Waals surface area contributed by atoms with Crippen molar-refractivity contribution in [2.45, 2.75) is 25.4 Å². The Kier molecular flexibility index (Phi) is 3.69. The molecule has 1 fully saturated rings. The van der Waals surface area contributed by atoms with Crippen LogP contribution < -0.4 is 5.32 Å². The van der Waals surface area contributed by atoms with Crippen LogP contribution in [0.2, 0.25) is 0 Å². The second kappa shape index (κ2) is 5.24. The lowest BCUT2D eigenvalue weighted by Gasteiger charge is -2.31. The normalized spacial score (nSPS) is 21.9. The summed E-state index contributed by atoms with van der Waals surface area (Å²) in [6, 6.07) is 4.87. The average molecular weight is 205 g/mol. The summed E-state index contributed by atoms with van der Waals surface area (Å²) in [5.41, 5.74) is 1.35. The lowest BCUT2D eigenvalue weighted by molar-refractivity contribution is 0.196. The molecule has 0 radical (unpaired) electrons. The highest BCUT2D eigenvalue weighted by atomic mass is 15.2. The Morgan fingerprint density at radius 1 is 1.47 bits per heavy atom. The fourth-order valence-corrected chi connectivity index (χ4v) is 2.11. The van der Waals surface area contributed by atoms with Crippen LogP contribution in [0.3, 0.4) is 0 Å². The zero-order valence-corrected chi connectivity index (χ0v) is 9.32. The molecule has 0 aliphatic carbocycles. The second-order valence-corrected chi connectivity index (χ2v) is 4.27. The molecule has 1 aromatic rings. The number of piperidine rings is 1. The van der Waals surface area contributed by atoms with Gasteiger partial charge in [0.2, 0.25) is 0 Å². The van der Waals surface area contributed by atoms with Crippen molar-refractivity contribution in [2.24, 2.45) is 0 Å². The molecule has 0 aromatic carbocycles. The molecule has 2 rings (SSSR count). The van der Waals surface area contributed by atoms with Crippen molar-refractivity contribution in [3.05, 3.63) is 30.1 Å². The van der Waals surface area contributed by atoms with E-state index in [1.54, 1.807) is 0 Å². The Balaban J connectivity index is 1.88. The first-order valence-electron chi connectivity index (χ1n) is 5.66. The molecule has 2 heterocycles. The molecule has 0 saturated carbocycles. The summed E-state index contributed by atoms with van der Waals surface area (Å²) in [4.78, 5) is 6.47. The van der Waals surface area contributed by atoms with Gasteiger partial charge in [0.1, 0.15) is 0 Å². The molecule has 0 spiro atoms. The smallest absolute Gasteiger partial charge is 0.0271 e. The van der Waals surface area contributed by atoms with E-state index < -0.39 is 0 Å². The van der Waals surface area contributed by atoms with E-state index in [-0.39, 0.29) is 0 Å². The molecule has 1 aliphatic rings. The molecular weight excluding hydrogens is 186 g/mol. The van der Waals surface area contributed by atoms with Crippen LogP contribution in [0, 0.1) is 0 Å². The third kappa shape index (κ3) is 3.01. The van der Waals surface area contributed by atoms with E-state index in [1.165, 1.54) is 24.9 Å². The summed E-state index contributed by atoms with van der Waals surface area (Å²) in [5.74, 6) is 0. The van der Waals surface area contributed by atoms with Crippen molar-refractivity contribution >= 4 is 0 Å². The van der Waals surface area contributed by atoms with Gasteiger partial charge in [0.25, 0.3) is 0 Å². The fraction of sp³-hybridized carbons (Fsp3) is 0.583. The molecule has 15 heavy (non-hydrogen) atoms. The second-order valence-electron chi connectivity index (χ2n) is 4.27. The fourth-order valence-electron chi connectivity index (χ4n) is 2.11. The number of aromatic nitrogens is 1. The number of likely N-dealkylation sites (N-methyl/N-ethyl adjacent to an activating group) is 1. The van der Waals surface area contributed by atoms with E-state index in [2.05, 4.69) is 34.4 Å². The maximum atomic E-state index is 4.03. The summed E-state index contributed by atoms with van der Waals surface area (Å²) in [7, 11) is 2.21. The molecule has 3 heteroatoms. The van der Waals surface area contributed by atoms with Crippen molar-refractivity contribution in [3.8, 4) is 0 Å². The van der Waals surface area contributed by atoms with E-state index in [0.29, 0.717) is 6.04 Å². The minimum atomic E-state index is 0.687. The van der Waals surface area contributed by atoms with Gasteiger partial charge in [-0.2, -0.15) is 0 Å². The minimum absolute atomic E-state index is 0.687. The maximum Gasteiger partial charge on any atom is 0.0271 e. The van der Waals surface area contributed by atoms with E-state index in [9.17, 15) is 0 Å². The summed E-state index contributed by atoms with van der Waals surface area (Å²) in [5, 5.41) is 3.45. The highest BCUT2D eigenvalue weighted by molar-refractivity contribution is 5.09. The third-order valence-electron chi connectivity index (χ3n) is 3.08. The summed E-state index contributed by atoms with van der Waals surface area (Å²) in [6.07, 6.45) is 6.34. The number of rotatable bonds is 3. The van der Waals surface area contributed by atoms with Gasteiger partial charge in [-0.25, -0.2) is 0 Å². The molecular formula is C12H19N3. The first kappa shape index (κ1) is 10.6. The number of nitrogens with one attached hydrogen (secondary N) is 1. The van der Waals surface area contributed by atoms with Crippen molar-refractivity contribution in [3.63, 3.8) is 0 Å². The van der Waals surface area contributed by atoms with Crippen LogP contribution in [0.25, 0.3) is 0 Å². The lowest BCUT2D eigenvalue weighted by Crippen LogP contribution is -2.43. The summed E-state index contributed by atoms with van der Waals surface area (Å²) < 4.78 is 0. The summed E-state index contributed by atoms with van der Waals surface area (Å²) in [6.45, 7) is 3.33. The Bertz CT molecular complexity index is 280. The molecule has 82 valence electrons. The topological polar surface area (TPSA) is 28.2 Å². The minimum Gasteiger partial charge on any atom is -0.315 e. The van der Waals surface area contributed by atoms with Crippen LogP contribution in [0.1, 0.15) is 18.4 Å². The zero-order valence-electron chi connectivity index (χ0n) is 9.32. The predicted molar refractivity (Wildman–Crippen MR) is 61.6 cm³/mol. The van der Waals surface area contributed by atoms with Gasteiger partial charge in [0, 0.05) is 31.5 Å². The van der Waals surface area contributed by atoms with E-state index in [4.69, 9.17) is 0 Å². The first-order chi connectivity index (χ1) is 7.36. The van der Waals surface area contributed by atoms with Gasteiger partial charge < -0.3 is 5.32 Å². The molecule has 1 aliphatic heterocycles. The summed E-state index contributed by atoms with van der Waals surface area (Å²) >= 11 is 0. The lowest BCUT2D eigenvalue weighted by atomic mass is 10.1. The molecule has 0 unspecified atom stereocenters. The standard InChI is InChI=1S/C12H19N3/c1-15(12-3-2-6-14-9-12)10-11-4-7-13-8-5-11/h4-5,7-8,12,14H,2-3,6,9-10H2,1H3/t12-/m0/s1. The quantitative estimate of drug-likeness (QED) is 0.805. The van der Waals surface area contributed by atoms with Crippen molar-refractivity contribution in [1.29, 1.82) is 0 Å². The molecule has 1 aromatic heterocycles. The van der Waals surface area contributed by atoms with Gasteiger partial charge in [-0.15, -0.1) is 0 Å². The third-order valence-corrected chi connectivity index (χ3v) is 3.08. The average Bonchev–Trinajstić information content (AvgIpc) is 2.31. The zero-order chi connectivity index (χ0) is 10.5. The van der Waals surface area contributed by atoms with Crippen molar-refractivity contribution in [2.75, 3.05) is 20.1 Å². The Hall–Kier alpha value is -0.930. The van der Waals surface area contributed by atoms with Gasteiger partial charge >= 0.3 is 0 Å². The Morgan fingerprint density at radius 3 is 2.93 bits per heavy atom. The highest BCUT2D eigenvalue weighted by Gasteiger charge is 2.17. The van der Waals surface area contributed by atoms with Crippen LogP contribution in [0.15, 0.2) is 24.5 Å². The van der Waals surface area contributed by atoms with Crippen molar-refractivity contribution < 1.29 is 0 Å². The van der Waals surface area contributed by atoms with Gasteiger partial charge in [0.05, 0.1) is 0 Å². The number of pyridine rings is 1. The number of hydrogen-bond donors (Lipinski definition) is 1. The van der Waals surface area contributed by atoms with Gasteiger partial charge in [-0.3, -0.25) is 9.88 Å². The van der Waals surface area contributed by atoms with Crippen LogP contribution in [0.4, 0.5) is 0 Å². The molecule has 1 N–H and O–H groups in total. The van der Waals surface area contributed by atoms with E-state index in [0.717, 1.165) is 13.1 Å². The van der Waals surface area contributed by atoms with Gasteiger partial charge in [-0.1, -0.05) is 0 Å². The van der Waals surface area contributed by atoms with E-state index >= 15 is 0 Å². The highest BCUT2D eigenvalue weighted by Crippen LogP contribution is 2.11. The van der Waals surface area contributed by atoms with Crippen LogP contribution in [-0.2, 0) is 6.54 Å². The molecule has 0 bridgehead atoms. The maximum absolute atomic E-state index is 4.03. The molecule has 1 saturated heterocycles. The number of nitrogens with zero attached hydrogens (tertiary/aromatic N) is 2. The molecule has 0 amide bonds.